The SMILES string of the molecule is CC1CCCCC1NC(=O)NC(=O)CN1CC(C(=O)N2CCCCC2)Oc2ccccc21. The molecule has 3 atom stereocenters. The molecule has 0 bridgehead atoms. The fourth-order valence-electron chi connectivity index (χ4n) is 4.98. The summed E-state index contributed by atoms with van der Waals surface area (Å²) in [5.74, 6) is 0.570. The molecule has 0 aromatic heterocycles. The van der Waals surface area contributed by atoms with Crippen molar-refractivity contribution >= 4 is 23.5 Å². The molecule has 2 fully saturated rings. The number of nitrogens with zero attached hydrogens (tertiary/aromatic N) is 2. The summed E-state index contributed by atoms with van der Waals surface area (Å²) in [7, 11) is 0. The highest BCUT2D eigenvalue weighted by atomic mass is 16.5. The average Bonchev–Trinajstić information content (AvgIpc) is 2.80. The van der Waals surface area contributed by atoms with E-state index in [1.807, 2.05) is 34.1 Å². The first-order chi connectivity index (χ1) is 15.5. The zero-order valence-corrected chi connectivity index (χ0v) is 18.8. The summed E-state index contributed by atoms with van der Waals surface area (Å²) < 4.78 is 6.01. The van der Waals surface area contributed by atoms with Gasteiger partial charge in [0.25, 0.3) is 5.91 Å². The van der Waals surface area contributed by atoms with E-state index < -0.39 is 18.0 Å². The van der Waals surface area contributed by atoms with Gasteiger partial charge in [-0.2, -0.15) is 0 Å². The van der Waals surface area contributed by atoms with E-state index in [-0.39, 0.29) is 25.0 Å². The van der Waals surface area contributed by atoms with E-state index in [1.54, 1.807) is 0 Å². The first kappa shape index (κ1) is 22.4. The van der Waals surface area contributed by atoms with Crippen LogP contribution in [0.1, 0.15) is 51.9 Å². The fraction of sp³-hybridized carbons (Fsp3) is 0.625. The van der Waals surface area contributed by atoms with Crippen LogP contribution in [0.4, 0.5) is 10.5 Å². The third-order valence-corrected chi connectivity index (χ3v) is 6.82. The number of para-hydroxylation sites is 2. The smallest absolute Gasteiger partial charge is 0.321 e. The van der Waals surface area contributed by atoms with Gasteiger partial charge < -0.3 is 19.9 Å². The molecule has 1 saturated heterocycles. The van der Waals surface area contributed by atoms with Crippen LogP contribution < -0.4 is 20.3 Å². The van der Waals surface area contributed by atoms with Crippen LogP contribution >= 0.6 is 0 Å². The van der Waals surface area contributed by atoms with Gasteiger partial charge in [-0.05, 0) is 50.2 Å². The molecule has 4 amide bonds. The van der Waals surface area contributed by atoms with Crippen molar-refractivity contribution in [3.05, 3.63) is 24.3 Å². The Hall–Kier alpha value is -2.77. The quantitative estimate of drug-likeness (QED) is 0.748. The van der Waals surface area contributed by atoms with Crippen LogP contribution in [0.5, 0.6) is 5.75 Å². The van der Waals surface area contributed by atoms with Crippen molar-refractivity contribution < 1.29 is 19.1 Å². The van der Waals surface area contributed by atoms with Crippen molar-refractivity contribution in [3.8, 4) is 5.75 Å². The minimum Gasteiger partial charge on any atom is -0.477 e. The highest BCUT2D eigenvalue weighted by molar-refractivity contribution is 5.97. The number of anilines is 1. The number of rotatable bonds is 4. The van der Waals surface area contributed by atoms with Gasteiger partial charge >= 0.3 is 6.03 Å². The molecule has 1 saturated carbocycles. The van der Waals surface area contributed by atoms with E-state index in [4.69, 9.17) is 4.74 Å². The summed E-state index contributed by atoms with van der Waals surface area (Å²) in [4.78, 5) is 41.8. The summed E-state index contributed by atoms with van der Waals surface area (Å²) in [6.45, 7) is 3.90. The lowest BCUT2D eigenvalue weighted by molar-refractivity contribution is -0.139. The lowest BCUT2D eigenvalue weighted by Crippen LogP contribution is -2.54. The molecule has 2 aliphatic heterocycles. The van der Waals surface area contributed by atoms with Crippen LogP contribution in [0, 0.1) is 5.92 Å². The van der Waals surface area contributed by atoms with Crippen LogP contribution in [0.2, 0.25) is 0 Å². The maximum absolute atomic E-state index is 13.0. The Morgan fingerprint density at radius 2 is 1.78 bits per heavy atom. The number of imide groups is 1. The maximum Gasteiger partial charge on any atom is 0.321 e. The predicted octanol–water partition coefficient (Wildman–Crippen LogP) is 2.67. The molecule has 2 N–H and O–H groups in total. The first-order valence-corrected chi connectivity index (χ1v) is 11.9. The standard InChI is InChI=1S/C24H34N4O4/c1-17-9-3-4-10-18(17)25-24(31)26-22(29)16-28-15-21(23(30)27-13-7-2-8-14-27)32-20-12-6-5-11-19(20)28/h5-6,11-12,17-18,21H,2-4,7-10,13-16H2,1H3,(H2,25,26,29,31). The minimum atomic E-state index is -0.660. The number of nitrogens with one attached hydrogen (secondary N) is 2. The molecule has 3 unspecified atom stereocenters. The van der Waals surface area contributed by atoms with Gasteiger partial charge in [-0.25, -0.2) is 4.79 Å². The molecule has 1 aromatic carbocycles. The molecule has 8 nitrogen and oxygen atoms in total. The number of likely N-dealkylation sites (tertiary alicyclic amines) is 1. The molecule has 174 valence electrons. The van der Waals surface area contributed by atoms with Gasteiger partial charge in [0.1, 0.15) is 5.75 Å². The average molecular weight is 443 g/mol. The van der Waals surface area contributed by atoms with Crippen LogP contribution in [0.3, 0.4) is 0 Å². The zero-order chi connectivity index (χ0) is 22.5. The zero-order valence-electron chi connectivity index (χ0n) is 18.8. The van der Waals surface area contributed by atoms with Crippen molar-refractivity contribution in [2.45, 2.75) is 64.0 Å². The van der Waals surface area contributed by atoms with Crippen LogP contribution in [-0.2, 0) is 9.59 Å². The van der Waals surface area contributed by atoms with E-state index in [0.29, 0.717) is 11.7 Å². The number of ether oxygens (including phenoxy) is 1. The van der Waals surface area contributed by atoms with Gasteiger partial charge in [0.2, 0.25) is 5.91 Å². The molecule has 2 heterocycles. The molecule has 1 aromatic rings. The summed E-state index contributed by atoms with van der Waals surface area (Å²) in [5, 5.41) is 5.42. The number of hydrogen-bond donors (Lipinski definition) is 2. The van der Waals surface area contributed by atoms with Gasteiger partial charge in [0, 0.05) is 19.1 Å². The van der Waals surface area contributed by atoms with Crippen molar-refractivity contribution in [2.75, 3.05) is 31.1 Å². The van der Waals surface area contributed by atoms with Crippen molar-refractivity contribution in [1.82, 2.24) is 15.5 Å². The van der Waals surface area contributed by atoms with Gasteiger partial charge in [-0.15, -0.1) is 0 Å². The topological polar surface area (TPSA) is 91.0 Å². The Bertz CT molecular complexity index is 839. The largest absolute Gasteiger partial charge is 0.477 e. The van der Waals surface area contributed by atoms with Crippen molar-refractivity contribution in [3.63, 3.8) is 0 Å². The Kier molecular flexibility index (Phi) is 7.17. The van der Waals surface area contributed by atoms with Crippen molar-refractivity contribution in [2.24, 2.45) is 5.92 Å². The molecule has 8 heteroatoms. The molecule has 1 aliphatic carbocycles. The lowest BCUT2D eigenvalue weighted by atomic mass is 9.86. The third kappa shape index (κ3) is 5.34. The highest BCUT2D eigenvalue weighted by Gasteiger charge is 2.34. The second-order valence-corrected chi connectivity index (χ2v) is 9.23. The molecular weight excluding hydrogens is 408 g/mol. The van der Waals surface area contributed by atoms with E-state index >= 15 is 0 Å². The van der Waals surface area contributed by atoms with E-state index in [2.05, 4.69) is 17.6 Å². The van der Waals surface area contributed by atoms with Crippen LogP contribution in [0.25, 0.3) is 0 Å². The number of amides is 4. The number of benzene rings is 1. The second-order valence-electron chi connectivity index (χ2n) is 9.23. The highest BCUT2D eigenvalue weighted by Crippen LogP contribution is 2.33. The monoisotopic (exact) mass is 442 g/mol. The fourth-order valence-corrected chi connectivity index (χ4v) is 4.98. The number of fused-ring (bicyclic) bond motifs is 1. The number of carbonyl (C=O) groups is 3. The third-order valence-electron chi connectivity index (χ3n) is 6.82. The van der Waals surface area contributed by atoms with Gasteiger partial charge in [0.15, 0.2) is 6.10 Å². The Morgan fingerprint density at radius 1 is 1.03 bits per heavy atom. The summed E-state index contributed by atoms with van der Waals surface area (Å²) in [5.41, 5.74) is 0.756. The predicted molar refractivity (Wildman–Crippen MR) is 122 cm³/mol. The Balaban J connectivity index is 1.38. The van der Waals surface area contributed by atoms with Crippen molar-refractivity contribution in [1.29, 1.82) is 0 Å². The first-order valence-electron chi connectivity index (χ1n) is 11.9. The normalized spacial score (nSPS) is 25.3. The number of piperidine rings is 1. The number of urea groups is 1. The van der Waals surface area contributed by atoms with Crippen LogP contribution in [0.15, 0.2) is 24.3 Å². The van der Waals surface area contributed by atoms with E-state index in [0.717, 1.165) is 57.3 Å². The van der Waals surface area contributed by atoms with Gasteiger partial charge in [0.05, 0.1) is 18.8 Å². The molecule has 3 aliphatic rings. The molecule has 0 radical (unpaired) electrons. The minimum absolute atomic E-state index is 0.0161. The summed E-state index contributed by atoms with van der Waals surface area (Å²) in [6.07, 6.45) is 6.83. The summed E-state index contributed by atoms with van der Waals surface area (Å²) in [6, 6.07) is 7.06. The van der Waals surface area contributed by atoms with E-state index in [9.17, 15) is 14.4 Å². The number of carbonyl (C=O) groups excluding carboxylic acids is 3. The Morgan fingerprint density at radius 3 is 2.56 bits per heavy atom. The second kappa shape index (κ2) is 10.2. The molecule has 32 heavy (non-hydrogen) atoms. The maximum atomic E-state index is 13.0. The number of hydrogen-bond acceptors (Lipinski definition) is 5. The van der Waals surface area contributed by atoms with Crippen LogP contribution in [-0.4, -0.2) is 61.1 Å². The Labute approximate surface area is 189 Å². The van der Waals surface area contributed by atoms with E-state index in [1.165, 1.54) is 6.42 Å². The van der Waals surface area contributed by atoms with Gasteiger partial charge in [-0.1, -0.05) is 31.9 Å². The molecule has 4 rings (SSSR count). The van der Waals surface area contributed by atoms with Gasteiger partial charge in [-0.3, -0.25) is 14.9 Å². The molecule has 0 spiro atoms. The summed E-state index contributed by atoms with van der Waals surface area (Å²) >= 11 is 0. The lowest BCUT2D eigenvalue weighted by Gasteiger charge is -2.38. The molecular formula is C24H34N4O4.